The van der Waals surface area contributed by atoms with Crippen LogP contribution in [0.1, 0.15) is 9.75 Å². The Bertz CT molecular complexity index is 635. The molecule has 0 atom stereocenters. The molecule has 2 aromatic rings. The summed E-state index contributed by atoms with van der Waals surface area (Å²) < 4.78 is 5.14. The molecule has 0 aliphatic heterocycles. The van der Waals surface area contributed by atoms with Crippen LogP contribution in [0.2, 0.25) is 0 Å². The van der Waals surface area contributed by atoms with Crippen molar-refractivity contribution in [2.75, 3.05) is 7.11 Å². The number of hydrogen-bond donors (Lipinski definition) is 0. The molecule has 1 heterocycles. The third kappa shape index (κ3) is 3.17. The molecule has 0 aliphatic rings. The van der Waals surface area contributed by atoms with Crippen molar-refractivity contribution < 1.29 is 9.66 Å². The van der Waals surface area contributed by atoms with Gasteiger partial charge in [0.05, 0.1) is 12.0 Å². The highest BCUT2D eigenvalue weighted by molar-refractivity contribution is 7.13. The van der Waals surface area contributed by atoms with Crippen LogP contribution in [-0.2, 0) is 0 Å². The zero-order valence-corrected chi connectivity index (χ0v) is 11.3. The van der Waals surface area contributed by atoms with Gasteiger partial charge in [-0.1, -0.05) is 0 Å². The summed E-state index contributed by atoms with van der Waals surface area (Å²) in [6.07, 6.45) is 1.68. The molecule has 5 nitrogen and oxygen atoms in total. The summed E-state index contributed by atoms with van der Waals surface area (Å²) in [5, 5.41) is 10.7. The third-order valence-corrected chi connectivity index (χ3v) is 3.40. The van der Waals surface area contributed by atoms with Gasteiger partial charge in [0.15, 0.2) is 0 Å². The van der Waals surface area contributed by atoms with E-state index in [1.165, 1.54) is 24.1 Å². The molecule has 98 valence electrons. The van der Waals surface area contributed by atoms with E-state index in [0.717, 1.165) is 4.88 Å². The van der Waals surface area contributed by atoms with Crippen LogP contribution in [0.5, 0.6) is 5.75 Å². The van der Waals surface area contributed by atoms with Gasteiger partial charge in [-0.15, -0.1) is 11.3 Å². The molecule has 19 heavy (non-hydrogen) atoms. The summed E-state index contributed by atoms with van der Waals surface area (Å²) in [7, 11) is 1.51. The average Bonchev–Trinajstić information content (AvgIpc) is 2.81. The molecule has 0 N–H and O–H groups in total. The van der Waals surface area contributed by atoms with Crippen molar-refractivity contribution in [2.24, 2.45) is 4.99 Å². The number of methoxy groups -OCH3 is 1. The van der Waals surface area contributed by atoms with E-state index in [-0.39, 0.29) is 5.69 Å². The van der Waals surface area contributed by atoms with Crippen LogP contribution >= 0.6 is 11.3 Å². The maximum atomic E-state index is 10.7. The van der Waals surface area contributed by atoms with E-state index in [1.54, 1.807) is 23.6 Å². The number of nitro groups is 1. The number of nitro benzene ring substituents is 1. The minimum absolute atomic E-state index is 0.00434. The summed E-state index contributed by atoms with van der Waals surface area (Å²) in [5.74, 6) is 0.509. The summed E-state index contributed by atoms with van der Waals surface area (Å²) in [6.45, 7) is 2.01. The fourth-order valence-electron chi connectivity index (χ4n) is 1.55. The molecule has 0 saturated heterocycles. The van der Waals surface area contributed by atoms with Crippen LogP contribution in [0, 0.1) is 17.0 Å². The normalized spacial score (nSPS) is 10.8. The lowest BCUT2D eigenvalue weighted by Crippen LogP contribution is -1.89. The Balaban J connectivity index is 2.34. The molecule has 0 aliphatic carbocycles. The monoisotopic (exact) mass is 276 g/mol. The molecule has 6 heteroatoms. The molecule has 0 unspecified atom stereocenters. The largest absolute Gasteiger partial charge is 0.494 e. The molecule has 0 fully saturated rings. The van der Waals surface area contributed by atoms with Gasteiger partial charge in [-0.05, 0) is 25.1 Å². The molecule has 1 aromatic carbocycles. The topological polar surface area (TPSA) is 64.7 Å². The standard InChI is InChI=1S/C13H12N2O3S/c1-9-3-5-11(19-9)8-14-12-7-10(15(16)17)4-6-13(12)18-2/h3-8H,1-2H3. The molecule has 0 bridgehead atoms. The number of aryl methyl sites for hydroxylation is 1. The van der Waals surface area contributed by atoms with Crippen LogP contribution in [0.15, 0.2) is 35.3 Å². The lowest BCUT2D eigenvalue weighted by molar-refractivity contribution is -0.384. The minimum Gasteiger partial charge on any atom is -0.494 e. The second-order valence-electron chi connectivity index (χ2n) is 3.82. The molecule has 0 radical (unpaired) electrons. The Kier molecular flexibility index (Phi) is 3.91. The molecule has 0 spiro atoms. The fourth-order valence-corrected chi connectivity index (χ4v) is 2.30. The van der Waals surface area contributed by atoms with Gasteiger partial charge >= 0.3 is 0 Å². The number of benzene rings is 1. The molecular formula is C13H12N2O3S. The van der Waals surface area contributed by atoms with Crippen molar-refractivity contribution in [3.05, 3.63) is 50.2 Å². The Morgan fingerprint density at radius 3 is 2.74 bits per heavy atom. The predicted octanol–water partition coefficient (Wildman–Crippen LogP) is 3.72. The Morgan fingerprint density at radius 1 is 1.37 bits per heavy atom. The van der Waals surface area contributed by atoms with Crippen molar-refractivity contribution in [3.63, 3.8) is 0 Å². The van der Waals surface area contributed by atoms with Crippen molar-refractivity contribution in [2.45, 2.75) is 6.92 Å². The third-order valence-electron chi connectivity index (χ3n) is 2.47. The fraction of sp³-hybridized carbons (Fsp3) is 0.154. The van der Waals surface area contributed by atoms with Crippen LogP contribution in [0.25, 0.3) is 0 Å². The van der Waals surface area contributed by atoms with Gasteiger partial charge in [-0.3, -0.25) is 15.1 Å². The maximum absolute atomic E-state index is 10.7. The summed E-state index contributed by atoms with van der Waals surface area (Å²) in [6, 6.07) is 8.29. The number of rotatable bonds is 4. The zero-order valence-electron chi connectivity index (χ0n) is 10.5. The lowest BCUT2D eigenvalue weighted by Gasteiger charge is -2.03. The molecule has 0 amide bonds. The van der Waals surface area contributed by atoms with E-state index in [9.17, 15) is 10.1 Å². The van der Waals surface area contributed by atoms with Gasteiger partial charge in [0.25, 0.3) is 5.69 Å². The Labute approximate surface area is 114 Å². The lowest BCUT2D eigenvalue weighted by atomic mass is 10.2. The predicted molar refractivity (Wildman–Crippen MR) is 76.0 cm³/mol. The maximum Gasteiger partial charge on any atom is 0.271 e. The van der Waals surface area contributed by atoms with Gasteiger partial charge in [0, 0.05) is 28.1 Å². The summed E-state index contributed by atoms with van der Waals surface area (Å²) in [5.41, 5.74) is 0.443. The van der Waals surface area contributed by atoms with E-state index < -0.39 is 4.92 Å². The van der Waals surface area contributed by atoms with E-state index in [4.69, 9.17) is 4.74 Å². The quantitative estimate of drug-likeness (QED) is 0.485. The number of aliphatic imine (C=N–C) groups is 1. The molecule has 0 saturated carbocycles. The van der Waals surface area contributed by atoms with Gasteiger partial charge in [0.1, 0.15) is 11.4 Å². The first kappa shape index (κ1) is 13.2. The second-order valence-corrected chi connectivity index (χ2v) is 5.14. The van der Waals surface area contributed by atoms with Crippen molar-refractivity contribution in [3.8, 4) is 5.75 Å². The SMILES string of the molecule is COc1ccc([N+](=O)[O-])cc1N=Cc1ccc(C)s1. The van der Waals surface area contributed by atoms with Crippen LogP contribution < -0.4 is 4.74 Å². The van der Waals surface area contributed by atoms with E-state index in [0.29, 0.717) is 11.4 Å². The van der Waals surface area contributed by atoms with Gasteiger partial charge in [0.2, 0.25) is 0 Å². The second kappa shape index (κ2) is 5.62. The van der Waals surface area contributed by atoms with Gasteiger partial charge in [-0.25, -0.2) is 0 Å². The first-order valence-electron chi connectivity index (χ1n) is 5.53. The van der Waals surface area contributed by atoms with Crippen molar-refractivity contribution in [1.29, 1.82) is 0 Å². The highest BCUT2D eigenvalue weighted by Gasteiger charge is 2.10. The Morgan fingerprint density at radius 2 is 2.16 bits per heavy atom. The number of hydrogen-bond acceptors (Lipinski definition) is 5. The highest BCUT2D eigenvalue weighted by atomic mass is 32.1. The zero-order chi connectivity index (χ0) is 13.8. The van der Waals surface area contributed by atoms with Crippen molar-refractivity contribution >= 4 is 28.9 Å². The first-order valence-corrected chi connectivity index (χ1v) is 6.35. The van der Waals surface area contributed by atoms with Crippen LogP contribution in [0.3, 0.4) is 0 Å². The number of non-ortho nitro benzene ring substituents is 1. The molecule has 2 rings (SSSR count). The summed E-state index contributed by atoms with van der Waals surface area (Å²) >= 11 is 1.61. The summed E-state index contributed by atoms with van der Waals surface area (Å²) in [4.78, 5) is 16.7. The van der Waals surface area contributed by atoms with E-state index in [2.05, 4.69) is 4.99 Å². The van der Waals surface area contributed by atoms with Crippen LogP contribution in [0.4, 0.5) is 11.4 Å². The minimum atomic E-state index is -0.451. The van der Waals surface area contributed by atoms with Crippen LogP contribution in [-0.4, -0.2) is 18.2 Å². The average molecular weight is 276 g/mol. The van der Waals surface area contributed by atoms with Crippen molar-refractivity contribution in [1.82, 2.24) is 0 Å². The highest BCUT2D eigenvalue weighted by Crippen LogP contribution is 2.31. The molecule has 1 aromatic heterocycles. The smallest absolute Gasteiger partial charge is 0.271 e. The van der Waals surface area contributed by atoms with Gasteiger partial charge < -0.3 is 4.74 Å². The molecular weight excluding hydrogens is 264 g/mol. The van der Waals surface area contributed by atoms with E-state index in [1.807, 2.05) is 19.1 Å². The number of thiophene rings is 1. The van der Waals surface area contributed by atoms with Gasteiger partial charge in [-0.2, -0.15) is 0 Å². The number of ether oxygens (including phenoxy) is 1. The number of nitrogens with zero attached hydrogens (tertiary/aromatic N) is 2. The van der Waals surface area contributed by atoms with E-state index >= 15 is 0 Å². The Hall–Kier alpha value is -2.21. The first-order chi connectivity index (χ1) is 9.10.